The van der Waals surface area contributed by atoms with Gasteiger partial charge >= 0.3 is 0 Å². The van der Waals surface area contributed by atoms with Crippen LogP contribution in [-0.4, -0.2) is 36.7 Å². The van der Waals surface area contributed by atoms with Crippen molar-refractivity contribution in [2.45, 2.75) is 38.0 Å². The second-order valence-corrected chi connectivity index (χ2v) is 4.37. The van der Waals surface area contributed by atoms with Crippen LogP contribution in [0.1, 0.15) is 20.3 Å². The first-order valence-corrected chi connectivity index (χ1v) is 4.84. The number of rotatable bonds is 3. The van der Waals surface area contributed by atoms with Crippen molar-refractivity contribution in [3.63, 3.8) is 0 Å². The Morgan fingerprint density at radius 2 is 2.12 bits per heavy atom. The molecule has 0 aliphatic carbocycles. The number of alkyl halides is 1. The van der Waals surface area contributed by atoms with Gasteiger partial charge in [0.25, 0.3) is 0 Å². The maximum atomic E-state index is 12.8. The molecule has 2 atom stereocenters. The van der Waals surface area contributed by atoms with E-state index in [9.17, 15) is 9.18 Å². The highest BCUT2D eigenvalue weighted by Gasteiger charge is 2.31. The van der Waals surface area contributed by atoms with Crippen LogP contribution in [0.5, 0.6) is 0 Å². The van der Waals surface area contributed by atoms with Crippen LogP contribution in [0, 0.1) is 0 Å². The lowest BCUT2D eigenvalue weighted by Crippen LogP contribution is -2.53. The van der Waals surface area contributed by atoms with Gasteiger partial charge in [0.1, 0.15) is 6.17 Å². The third-order valence-corrected chi connectivity index (χ3v) is 2.37. The fraction of sp³-hybridized carbons (Fsp3) is 0.889. The van der Waals surface area contributed by atoms with Crippen molar-refractivity contribution in [1.82, 2.24) is 10.6 Å². The molecule has 98 valence electrons. The molecule has 0 bridgehead atoms. The fourth-order valence-electron chi connectivity index (χ4n) is 1.36. The molecule has 0 aromatic rings. The Morgan fingerprint density at radius 3 is 2.50 bits per heavy atom. The Balaban J connectivity index is 0. The molecule has 4 nitrogen and oxygen atoms in total. The number of amides is 1. The van der Waals surface area contributed by atoms with Crippen LogP contribution < -0.4 is 16.4 Å². The zero-order chi connectivity index (χ0) is 10.8. The molecule has 1 rings (SSSR count). The van der Waals surface area contributed by atoms with E-state index < -0.39 is 17.8 Å². The minimum absolute atomic E-state index is 0. The van der Waals surface area contributed by atoms with E-state index in [4.69, 9.17) is 5.73 Å². The normalized spacial score (nSPS) is 24.2. The van der Waals surface area contributed by atoms with E-state index >= 15 is 0 Å². The lowest BCUT2D eigenvalue weighted by atomic mass is 10.1. The van der Waals surface area contributed by atoms with Gasteiger partial charge in [-0.15, -0.1) is 24.8 Å². The molecular weight excluding hydrogens is 256 g/mol. The molecule has 1 aliphatic rings. The van der Waals surface area contributed by atoms with Crippen molar-refractivity contribution in [3.8, 4) is 0 Å². The summed E-state index contributed by atoms with van der Waals surface area (Å²) in [5, 5.41) is 5.60. The topological polar surface area (TPSA) is 67.1 Å². The summed E-state index contributed by atoms with van der Waals surface area (Å²) >= 11 is 0. The van der Waals surface area contributed by atoms with Crippen LogP contribution >= 0.6 is 24.8 Å². The van der Waals surface area contributed by atoms with E-state index in [1.165, 1.54) is 0 Å². The molecule has 1 aliphatic heterocycles. The number of hydrogen-bond donors (Lipinski definition) is 3. The smallest absolute Gasteiger partial charge is 0.237 e. The van der Waals surface area contributed by atoms with Crippen LogP contribution in [0.2, 0.25) is 0 Å². The molecule has 7 heteroatoms. The van der Waals surface area contributed by atoms with E-state index in [1.54, 1.807) is 0 Å². The highest BCUT2D eigenvalue weighted by atomic mass is 35.5. The number of nitrogens with two attached hydrogens (primary N) is 1. The minimum Gasteiger partial charge on any atom is -0.349 e. The first-order chi connectivity index (χ1) is 6.44. The van der Waals surface area contributed by atoms with Gasteiger partial charge in [-0.05, 0) is 13.8 Å². The molecule has 1 fully saturated rings. The second-order valence-electron chi connectivity index (χ2n) is 4.37. The maximum absolute atomic E-state index is 12.8. The van der Waals surface area contributed by atoms with Gasteiger partial charge in [0, 0.05) is 25.0 Å². The van der Waals surface area contributed by atoms with Gasteiger partial charge in [0.05, 0.1) is 6.04 Å². The third-order valence-electron chi connectivity index (χ3n) is 2.37. The minimum atomic E-state index is -0.910. The summed E-state index contributed by atoms with van der Waals surface area (Å²) in [6.07, 6.45) is -0.654. The first kappa shape index (κ1) is 18.3. The first-order valence-electron chi connectivity index (χ1n) is 4.84. The molecule has 16 heavy (non-hydrogen) atoms. The van der Waals surface area contributed by atoms with E-state index in [-0.39, 0.29) is 43.7 Å². The van der Waals surface area contributed by atoms with Crippen molar-refractivity contribution in [2.24, 2.45) is 5.73 Å². The summed E-state index contributed by atoms with van der Waals surface area (Å²) in [6, 6.07) is -0.407. The Bertz CT molecular complexity index is 229. The van der Waals surface area contributed by atoms with Gasteiger partial charge in [-0.3, -0.25) is 4.79 Å². The van der Waals surface area contributed by atoms with Gasteiger partial charge < -0.3 is 16.4 Å². The number of carbonyl (C=O) groups excluding carboxylic acids is 1. The van der Waals surface area contributed by atoms with Crippen molar-refractivity contribution in [2.75, 3.05) is 13.1 Å². The van der Waals surface area contributed by atoms with Gasteiger partial charge in [-0.1, -0.05) is 0 Å². The van der Waals surface area contributed by atoms with Gasteiger partial charge in [0.15, 0.2) is 0 Å². The molecule has 1 heterocycles. The molecule has 1 saturated heterocycles. The van der Waals surface area contributed by atoms with Crippen LogP contribution in [0.15, 0.2) is 0 Å². The average Bonchev–Trinajstić information content (AvgIpc) is 2.51. The highest BCUT2D eigenvalue weighted by molar-refractivity contribution is 5.85. The van der Waals surface area contributed by atoms with E-state index in [1.807, 2.05) is 13.8 Å². The predicted octanol–water partition coefficient (Wildman–Crippen LogP) is 0.383. The zero-order valence-electron chi connectivity index (χ0n) is 9.46. The van der Waals surface area contributed by atoms with E-state index in [0.29, 0.717) is 6.54 Å². The fourth-order valence-corrected chi connectivity index (χ4v) is 1.36. The summed E-state index contributed by atoms with van der Waals surface area (Å²) in [7, 11) is 0. The van der Waals surface area contributed by atoms with Gasteiger partial charge in [-0.2, -0.15) is 0 Å². The van der Waals surface area contributed by atoms with Crippen molar-refractivity contribution in [3.05, 3.63) is 0 Å². The van der Waals surface area contributed by atoms with E-state index in [0.717, 1.165) is 0 Å². The van der Waals surface area contributed by atoms with Crippen LogP contribution in [0.3, 0.4) is 0 Å². The molecule has 0 saturated carbocycles. The van der Waals surface area contributed by atoms with Crippen molar-refractivity contribution >= 4 is 30.7 Å². The van der Waals surface area contributed by atoms with Crippen LogP contribution in [0.4, 0.5) is 4.39 Å². The molecule has 0 unspecified atom stereocenters. The quantitative estimate of drug-likeness (QED) is 0.698. The highest BCUT2D eigenvalue weighted by Crippen LogP contribution is 2.11. The second kappa shape index (κ2) is 7.27. The summed E-state index contributed by atoms with van der Waals surface area (Å²) in [5.41, 5.74) is 5.05. The predicted molar refractivity (Wildman–Crippen MR) is 67.1 cm³/mol. The standard InChI is InChI=1S/C9H18FN3O.2ClH/c1-9(2,5-11)13-8(14)7-3-6(10)4-12-7;;/h6-7,12H,3-5,11H2,1-2H3,(H,13,14);2*1H/t6-,7+;;/m1../s1. The largest absolute Gasteiger partial charge is 0.349 e. The lowest BCUT2D eigenvalue weighted by molar-refractivity contribution is -0.124. The number of carbonyl (C=O) groups is 1. The third kappa shape index (κ3) is 5.30. The summed E-state index contributed by atoms with van der Waals surface area (Å²) in [5.74, 6) is -0.166. The Kier molecular flexibility index (Phi) is 8.30. The molecule has 1 amide bonds. The Hall–Kier alpha value is -0.100. The number of halogens is 3. The average molecular weight is 276 g/mol. The molecule has 0 spiro atoms. The Labute approximate surface area is 108 Å². The molecule has 0 radical (unpaired) electrons. The van der Waals surface area contributed by atoms with Crippen LogP contribution in [0.25, 0.3) is 0 Å². The van der Waals surface area contributed by atoms with Gasteiger partial charge in [0.2, 0.25) is 5.91 Å². The maximum Gasteiger partial charge on any atom is 0.237 e. The van der Waals surface area contributed by atoms with Crippen LogP contribution in [-0.2, 0) is 4.79 Å². The molecule has 0 aromatic heterocycles. The lowest BCUT2D eigenvalue weighted by Gasteiger charge is -2.26. The number of hydrogen-bond acceptors (Lipinski definition) is 3. The zero-order valence-corrected chi connectivity index (χ0v) is 11.1. The molecule has 4 N–H and O–H groups in total. The summed E-state index contributed by atoms with van der Waals surface area (Å²) in [4.78, 5) is 11.6. The summed E-state index contributed by atoms with van der Waals surface area (Å²) in [6.45, 7) is 4.31. The monoisotopic (exact) mass is 275 g/mol. The SMILES string of the molecule is CC(C)(CN)NC(=O)[C@@H]1C[C@@H](F)CN1.Cl.Cl. The van der Waals surface area contributed by atoms with Crippen molar-refractivity contribution in [1.29, 1.82) is 0 Å². The Morgan fingerprint density at radius 1 is 1.56 bits per heavy atom. The van der Waals surface area contributed by atoms with Gasteiger partial charge in [-0.25, -0.2) is 4.39 Å². The molecular formula is C9H20Cl2FN3O. The summed E-state index contributed by atoms with van der Waals surface area (Å²) < 4.78 is 12.8. The number of nitrogens with one attached hydrogen (secondary N) is 2. The van der Waals surface area contributed by atoms with E-state index in [2.05, 4.69) is 10.6 Å². The molecule has 0 aromatic carbocycles. The van der Waals surface area contributed by atoms with Crippen molar-refractivity contribution < 1.29 is 9.18 Å².